The third kappa shape index (κ3) is 5.21. The number of carbonyl (C=O) groups is 2. The Morgan fingerprint density at radius 3 is 2.39 bits per heavy atom. The van der Waals surface area contributed by atoms with Crippen LogP contribution in [0.4, 0.5) is 10.1 Å². The van der Waals surface area contributed by atoms with Crippen molar-refractivity contribution in [3.63, 3.8) is 0 Å². The number of methoxy groups -OCH3 is 1. The predicted molar refractivity (Wildman–Crippen MR) is 108 cm³/mol. The van der Waals surface area contributed by atoms with Crippen molar-refractivity contribution in [1.82, 2.24) is 10.2 Å². The minimum Gasteiger partial charge on any atom is -0.384 e. The van der Waals surface area contributed by atoms with Gasteiger partial charge >= 0.3 is 0 Å². The molecule has 156 valence electrons. The molecular formula is C20H29ClFN3O3. The Balaban J connectivity index is 0.00000280. The number of ether oxygens (including phenoxy) is 1. The zero-order chi connectivity index (χ0) is 19.3. The minimum absolute atomic E-state index is 0. The number of hydrogen-bond acceptors (Lipinski definition) is 4. The Bertz CT molecular complexity index is 652. The molecule has 2 N–H and O–H groups in total. The Labute approximate surface area is 171 Å². The molecule has 2 saturated heterocycles. The zero-order valence-electron chi connectivity index (χ0n) is 16.2. The highest BCUT2D eigenvalue weighted by atomic mass is 35.5. The lowest BCUT2D eigenvalue weighted by Gasteiger charge is -2.41. The number of rotatable bonds is 5. The maximum absolute atomic E-state index is 13.1. The second-order valence-electron chi connectivity index (χ2n) is 7.53. The van der Waals surface area contributed by atoms with Crippen LogP contribution in [0.2, 0.25) is 0 Å². The van der Waals surface area contributed by atoms with Gasteiger partial charge in [-0.3, -0.25) is 9.59 Å². The Morgan fingerprint density at radius 1 is 1.21 bits per heavy atom. The van der Waals surface area contributed by atoms with E-state index in [2.05, 4.69) is 10.6 Å². The SMILES string of the molecule is COCC1(C(=O)N2CCC(C(=O)Nc3ccc(F)cc3)CC2)CCNCC1.Cl. The number of carbonyl (C=O) groups excluding carboxylic acids is 2. The molecular weight excluding hydrogens is 385 g/mol. The first-order chi connectivity index (χ1) is 13.0. The fourth-order valence-corrected chi connectivity index (χ4v) is 4.06. The molecule has 2 amide bonds. The van der Waals surface area contributed by atoms with Gasteiger partial charge in [-0.2, -0.15) is 0 Å². The molecule has 2 aliphatic heterocycles. The quantitative estimate of drug-likeness (QED) is 0.777. The largest absolute Gasteiger partial charge is 0.384 e. The molecule has 0 bridgehead atoms. The van der Waals surface area contributed by atoms with Crippen LogP contribution in [0.25, 0.3) is 0 Å². The molecule has 0 spiro atoms. The van der Waals surface area contributed by atoms with Gasteiger partial charge in [-0.1, -0.05) is 0 Å². The van der Waals surface area contributed by atoms with Crippen molar-refractivity contribution in [1.29, 1.82) is 0 Å². The molecule has 2 fully saturated rings. The molecule has 3 rings (SSSR count). The maximum Gasteiger partial charge on any atom is 0.231 e. The molecule has 8 heteroatoms. The van der Waals surface area contributed by atoms with Crippen LogP contribution in [0.1, 0.15) is 25.7 Å². The van der Waals surface area contributed by atoms with Crippen LogP contribution in [-0.2, 0) is 14.3 Å². The van der Waals surface area contributed by atoms with Crippen molar-refractivity contribution in [3.05, 3.63) is 30.1 Å². The normalized spacial score (nSPS) is 19.6. The van der Waals surface area contributed by atoms with Crippen LogP contribution in [0.5, 0.6) is 0 Å². The van der Waals surface area contributed by atoms with E-state index < -0.39 is 5.41 Å². The maximum atomic E-state index is 13.1. The van der Waals surface area contributed by atoms with Gasteiger partial charge in [0, 0.05) is 31.8 Å². The van der Waals surface area contributed by atoms with Crippen molar-refractivity contribution in [2.45, 2.75) is 25.7 Å². The summed E-state index contributed by atoms with van der Waals surface area (Å²) in [7, 11) is 1.64. The summed E-state index contributed by atoms with van der Waals surface area (Å²) in [5.74, 6) is -0.376. The minimum atomic E-state index is -0.441. The first-order valence-electron chi connectivity index (χ1n) is 9.59. The van der Waals surface area contributed by atoms with Gasteiger partial charge in [0.2, 0.25) is 11.8 Å². The van der Waals surface area contributed by atoms with E-state index in [4.69, 9.17) is 4.74 Å². The molecule has 6 nitrogen and oxygen atoms in total. The van der Waals surface area contributed by atoms with E-state index in [1.54, 1.807) is 19.2 Å². The van der Waals surface area contributed by atoms with Crippen molar-refractivity contribution in [2.75, 3.05) is 45.2 Å². The topological polar surface area (TPSA) is 70.7 Å². The van der Waals surface area contributed by atoms with Gasteiger partial charge in [-0.15, -0.1) is 12.4 Å². The third-order valence-electron chi connectivity index (χ3n) is 5.70. The van der Waals surface area contributed by atoms with Crippen LogP contribution in [0, 0.1) is 17.2 Å². The first-order valence-corrected chi connectivity index (χ1v) is 9.59. The van der Waals surface area contributed by atoms with Gasteiger partial charge < -0.3 is 20.3 Å². The van der Waals surface area contributed by atoms with Gasteiger partial charge in [-0.25, -0.2) is 4.39 Å². The lowest BCUT2D eigenvalue weighted by atomic mass is 9.77. The molecule has 28 heavy (non-hydrogen) atoms. The number of likely N-dealkylation sites (tertiary alicyclic amines) is 1. The number of nitrogens with zero attached hydrogens (tertiary/aromatic N) is 1. The lowest BCUT2D eigenvalue weighted by Crippen LogP contribution is -2.53. The highest BCUT2D eigenvalue weighted by Crippen LogP contribution is 2.33. The summed E-state index contributed by atoms with van der Waals surface area (Å²) in [5, 5.41) is 6.14. The Morgan fingerprint density at radius 2 is 1.82 bits per heavy atom. The number of benzene rings is 1. The average molecular weight is 414 g/mol. The molecule has 0 unspecified atom stereocenters. The van der Waals surface area contributed by atoms with Crippen LogP contribution < -0.4 is 10.6 Å². The highest BCUT2D eigenvalue weighted by molar-refractivity contribution is 5.92. The fraction of sp³-hybridized carbons (Fsp3) is 0.600. The molecule has 2 aliphatic rings. The first kappa shape index (κ1) is 22.6. The molecule has 0 aromatic heterocycles. The van der Waals surface area contributed by atoms with E-state index >= 15 is 0 Å². The Kier molecular flexibility index (Phi) is 8.22. The van der Waals surface area contributed by atoms with Gasteiger partial charge in [0.25, 0.3) is 0 Å². The molecule has 0 aliphatic carbocycles. The second-order valence-corrected chi connectivity index (χ2v) is 7.53. The molecule has 1 aromatic rings. The van der Waals surface area contributed by atoms with Gasteiger partial charge in [-0.05, 0) is 63.0 Å². The van der Waals surface area contributed by atoms with Gasteiger partial charge in [0.1, 0.15) is 5.82 Å². The summed E-state index contributed by atoms with van der Waals surface area (Å²) in [4.78, 5) is 27.5. The van der Waals surface area contributed by atoms with E-state index in [0.717, 1.165) is 25.9 Å². The van der Waals surface area contributed by atoms with E-state index in [1.165, 1.54) is 12.1 Å². The average Bonchev–Trinajstić information content (AvgIpc) is 2.70. The number of amides is 2. The van der Waals surface area contributed by atoms with Crippen molar-refractivity contribution in [2.24, 2.45) is 11.3 Å². The van der Waals surface area contributed by atoms with Crippen LogP contribution in [-0.4, -0.2) is 56.6 Å². The van der Waals surface area contributed by atoms with Crippen LogP contribution in [0.3, 0.4) is 0 Å². The molecule has 0 radical (unpaired) electrons. The fourth-order valence-electron chi connectivity index (χ4n) is 4.06. The molecule has 2 heterocycles. The number of anilines is 1. The monoisotopic (exact) mass is 413 g/mol. The summed E-state index contributed by atoms with van der Waals surface area (Å²) in [6.07, 6.45) is 2.84. The zero-order valence-corrected chi connectivity index (χ0v) is 17.0. The molecule has 0 saturated carbocycles. The van der Waals surface area contributed by atoms with Crippen molar-refractivity contribution in [3.8, 4) is 0 Å². The highest BCUT2D eigenvalue weighted by Gasteiger charge is 2.43. The third-order valence-corrected chi connectivity index (χ3v) is 5.70. The van der Waals surface area contributed by atoms with E-state index in [-0.39, 0.29) is 36.0 Å². The van der Waals surface area contributed by atoms with Crippen LogP contribution in [0.15, 0.2) is 24.3 Å². The van der Waals surface area contributed by atoms with E-state index in [9.17, 15) is 14.0 Å². The number of hydrogen-bond donors (Lipinski definition) is 2. The van der Waals surface area contributed by atoms with Gasteiger partial charge in [0.15, 0.2) is 0 Å². The number of halogens is 2. The smallest absolute Gasteiger partial charge is 0.231 e. The van der Waals surface area contributed by atoms with E-state index in [0.29, 0.717) is 38.2 Å². The number of piperidine rings is 2. The second kappa shape index (κ2) is 10.2. The summed E-state index contributed by atoms with van der Waals surface area (Å²) < 4.78 is 18.3. The molecule has 1 aromatic carbocycles. The van der Waals surface area contributed by atoms with Crippen molar-refractivity contribution < 1.29 is 18.7 Å². The predicted octanol–water partition coefficient (Wildman–Crippen LogP) is 2.44. The molecule has 0 atom stereocenters. The lowest BCUT2D eigenvalue weighted by molar-refractivity contribution is -0.149. The summed E-state index contributed by atoms with van der Waals surface area (Å²) in [6.45, 7) is 3.26. The van der Waals surface area contributed by atoms with E-state index in [1.807, 2.05) is 4.90 Å². The van der Waals surface area contributed by atoms with Crippen molar-refractivity contribution >= 4 is 29.9 Å². The van der Waals surface area contributed by atoms with Gasteiger partial charge in [0.05, 0.1) is 12.0 Å². The van der Waals surface area contributed by atoms with Crippen LogP contribution >= 0.6 is 12.4 Å². The summed E-state index contributed by atoms with van der Waals surface area (Å²) in [6, 6.07) is 5.76. The number of nitrogens with one attached hydrogen (secondary N) is 2. The Hall–Kier alpha value is -1.70. The summed E-state index contributed by atoms with van der Waals surface area (Å²) >= 11 is 0. The summed E-state index contributed by atoms with van der Waals surface area (Å²) in [5.41, 5.74) is 0.150. The standard InChI is InChI=1S/C20H28FN3O3.ClH/c1-27-14-20(8-10-22-11-9-20)19(26)24-12-6-15(7-13-24)18(25)23-17-4-2-16(21)3-5-17;/h2-5,15,22H,6-14H2,1H3,(H,23,25);1H.